The minimum Gasteiger partial charge on any atom is -0.299 e. The predicted octanol–water partition coefficient (Wildman–Crippen LogP) is 1.50. The minimum atomic E-state index is -0.312. The van der Waals surface area contributed by atoms with Gasteiger partial charge in [0.05, 0.1) is 0 Å². The van der Waals surface area contributed by atoms with E-state index >= 15 is 0 Å². The first-order valence-corrected chi connectivity index (χ1v) is 4.38. The van der Waals surface area contributed by atoms with E-state index in [1.54, 1.807) is 12.2 Å². The van der Waals surface area contributed by atoms with Crippen molar-refractivity contribution >= 4 is 11.6 Å². The van der Waals surface area contributed by atoms with Gasteiger partial charge in [0.2, 0.25) is 0 Å². The number of fused-ring (bicyclic) bond motifs is 1. The van der Waals surface area contributed by atoms with E-state index in [0.717, 1.165) is 6.42 Å². The largest absolute Gasteiger partial charge is 0.299 e. The summed E-state index contributed by atoms with van der Waals surface area (Å²) in [4.78, 5) is 22.5. The highest BCUT2D eigenvalue weighted by Crippen LogP contribution is 2.45. The van der Waals surface area contributed by atoms with E-state index in [0.29, 0.717) is 18.6 Å². The highest BCUT2D eigenvalue weighted by molar-refractivity contribution is 5.97. The molecular formula is C10H12O2. The average Bonchev–Trinajstić information content (AvgIpc) is 2.31. The van der Waals surface area contributed by atoms with Gasteiger partial charge in [-0.3, -0.25) is 9.59 Å². The van der Waals surface area contributed by atoms with Crippen LogP contribution in [0.3, 0.4) is 0 Å². The molecule has 0 aliphatic heterocycles. The van der Waals surface area contributed by atoms with E-state index in [-0.39, 0.29) is 17.1 Å². The zero-order valence-electron chi connectivity index (χ0n) is 7.17. The van der Waals surface area contributed by atoms with Gasteiger partial charge in [-0.1, -0.05) is 6.08 Å². The van der Waals surface area contributed by atoms with Gasteiger partial charge < -0.3 is 0 Å². The highest BCUT2D eigenvalue weighted by Gasteiger charge is 2.46. The SMILES string of the molecule is C[C@@]12C=CC(=O)C[C@H]1CCC2=O. The van der Waals surface area contributed by atoms with Crippen LogP contribution in [0.5, 0.6) is 0 Å². The predicted molar refractivity (Wildman–Crippen MR) is 44.6 cm³/mol. The molecule has 1 saturated carbocycles. The molecule has 0 saturated heterocycles. The Labute approximate surface area is 71.6 Å². The molecule has 0 N–H and O–H groups in total. The van der Waals surface area contributed by atoms with Gasteiger partial charge >= 0.3 is 0 Å². The molecule has 0 bridgehead atoms. The van der Waals surface area contributed by atoms with Crippen molar-refractivity contribution in [3.8, 4) is 0 Å². The molecule has 2 atom stereocenters. The lowest BCUT2D eigenvalue weighted by atomic mass is 9.73. The maximum absolute atomic E-state index is 11.5. The molecule has 2 heteroatoms. The molecule has 64 valence electrons. The van der Waals surface area contributed by atoms with E-state index in [1.807, 2.05) is 6.92 Å². The van der Waals surface area contributed by atoms with E-state index in [1.165, 1.54) is 0 Å². The van der Waals surface area contributed by atoms with Crippen LogP contribution in [0, 0.1) is 11.3 Å². The Kier molecular flexibility index (Phi) is 1.47. The normalized spacial score (nSPS) is 40.2. The van der Waals surface area contributed by atoms with E-state index < -0.39 is 0 Å². The molecule has 0 aromatic carbocycles. The van der Waals surface area contributed by atoms with E-state index in [2.05, 4.69) is 0 Å². The molecule has 0 aromatic rings. The lowest BCUT2D eigenvalue weighted by Crippen LogP contribution is -2.31. The maximum Gasteiger partial charge on any atom is 0.155 e. The standard InChI is InChI=1S/C10H12O2/c1-10-5-4-8(11)6-7(10)2-3-9(10)12/h4-5,7H,2-3,6H2,1H3/t7-,10-/m1/s1. The van der Waals surface area contributed by atoms with Gasteiger partial charge in [0.1, 0.15) is 5.78 Å². The van der Waals surface area contributed by atoms with Gasteiger partial charge in [-0.05, 0) is 25.3 Å². The van der Waals surface area contributed by atoms with Crippen molar-refractivity contribution in [3.05, 3.63) is 12.2 Å². The fourth-order valence-electron chi connectivity index (χ4n) is 2.22. The molecule has 2 rings (SSSR count). The quantitative estimate of drug-likeness (QED) is 0.543. The zero-order chi connectivity index (χ0) is 8.77. The van der Waals surface area contributed by atoms with Crippen LogP contribution in [0.4, 0.5) is 0 Å². The van der Waals surface area contributed by atoms with Crippen molar-refractivity contribution in [2.45, 2.75) is 26.2 Å². The number of allylic oxidation sites excluding steroid dienone is 2. The summed E-state index contributed by atoms with van der Waals surface area (Å²) < 4.78 is 0. The van der Waals surface area contributed by atoms with Crippen molar-refractivity contribution < 1.29 is 9.59 Å². The number of carbonyl (C=O) groups excluding carboxylic acids is 2. The average molecular weight is 164 g/mol. The second kappa shape index (κ2) is 2.28. The van der Waals surface area contributed by atoms with Crippen LogP contribution in [0.25, 0.3) is 0 Å². The summed E-state index contributed by atoms with van der Waals surface area (Å²) in [6, 6.07) is 0. The highest BCUT2D eigenvalue weighted by atomic mass is 16.1. The topological polar surface area (TPSA) is 34.1 Å². The lowest BCUT2D eigenvalue weighted by molar-refractivity contribution is -0.125. The smallest absolute Gasteiger partial charge is 0.155 e. The number of hydrogen-bond donors (Lipinski definition) is 0. The second-order valence-corrected chi connectivity index (χ2v) is 3.95. The molecular weight excluding hydrogens is 152 g/mol. The molecule has 1 fully saturated rings. The summed E-state index contributed by atoms with van der Waals surface area (Å²) in [6.07, 6.45) is 5.49. The van der Waals surface area contributed by atoms with Crippen LogP contribution >= 0.6 is 0 Å². The summed E-state index contributed by atoms with van der Waals surface area (Å²) in [5.74, 6) is 0.755. The first-order chi connectivity index (χ1) is 5.63. The molecule has 2 aliphatic rings. The monoisotopic (exact) mass is 164 g/mol. The van der Waals surface area contributed by atoms with Gasteiger partial charge in [-0.2, -0.15) is 0 Å². The van der Waals surface area contributed by atoms with Gasteiger partial charge in [-0.25, -0.2) is 0 Å². The summed E-state index contributed by atoms with van der Waals surface area (Å²) in [6.45, 7) is 1.95. The molecule has 12 heavy (non-hydrogen) atoms. The third-order valence-corrected chi connectivity index (χ3v) is 3.23. The molecule has 0 unspecified atom stereocenters. The fraction of sp³-hybridized carbons (Fsp3) is 0.600. The zero-order valence-corrected chi connectivity index (χ0v) is 7.17. The van der Waals surface area contributed by atoms with Crippen LogP contribution in [0.1, 0.15) is 26.2 Å². The maximum atomic E-state index is 11.5. The Morgan fingerprint density at radius 2 is 2.25 bits per heavy atom. The van der Waals surface area contributed by atoms with Crippen molar-refractivity contribution in [2.75, 3.05) is 0 Å². The lowest BCUT2D eigenvalue weighted by Gasteiger charge is -2.28. The summed E-state index contributed by atoms with van der Waals surface area (Å²) in [5.41, 5.74) is -0.312. The first-order valence-electron chi connectivity index (χ1n) is 4.38. The molecule has 0 radical (unpaired) electrons. The second-order valence-electron chi connectivity index (χ2n) is 3.95. The molecule has 0 amide bonds. The van der Waals surface area contributed by atoms with Gasteiger partial charge in [0.25, 0.3) is 0 Å². The van der Waals surface area contributed by atoms with E-state index in [9.17, 15) is 9.59 Å². The fourth-order valence-corrected chi connectivity index (χ4v) is 2.22. The van der Waals surface area contributed by atoms with Crippen molar-refractivity contribution in [1.29, 1.82) is 0 Å². The van der Waals surface area contributed by atoms with Crippen LogP contribution < -0.4 is 0 Å². The Hall–Kier alpha value is -0.920. The third-order valence-electron chi connectivity index (χ3n) is 3.23. The van der Waals surface area contributed by atoms with Gasteiger partial charge in [0.15, 0.2) is 5.78 Å². The number of Topliss-reactive ketones (excluding diaryl/α,β-unsaturated/α-hetero) is 1. The Morgan fingerprint density at radius 1 is 1.50 bits per heavy atom. The number of ketones is 2. The molecule has 0 heterocycles. The minimum absolute atomic E-state index is 0.173. The van der Waals surface area contributed by atoms with Gasteiger partial charge in [-0.15, -0.1) is 0 Å². The number of rotatable bonds is 0. The van der Waals surface area contributed by atoms with Crippen molar-refractivity contribution in [2.24, 2.45) is 11.3 Å². The number of hydrogen-bond acceptors (Lipinski definition) is 2. The Morgan fingerprint density at radius 3 is 3.00 bits per heavy atom. The molecule has 0 aromatic heterocycles. The third kappa shape index (κ3) is 0.872. The number of carbonyl (C=O) groups is 2. The summed E-state index contributed by atoms with van der Waals surface area (Å²) >= 11 is 0. The van der Waals surface area contributed by atoms with Crippen molar-refractivity contribution in [3.63, 3.8) is 0 Å². The van der Waals surface area contributed by atoms with Crippen LogP contribution in [0.15, 0.2) is 12.2 Å². The summed E-state index contributed by atoms with van der Waals surface area (Å²) in [5, 5.41) is 0. The van der Waals surface area contributed by atoms with E-state index in [4.69, 9.17) is 0 Å². The Bertz CT molecular complexity index is 278. The molecule has 0 spiro atoms. The van der Waals surface area contributed by atoms with Crippen LogP contribution in [-0.2, 0) is 9.59 Å². The van der Waals surface area contributed by atoms with Crippen molar-refractivity contribution in [1.82, 2.24) is 0 Å². The van der Waals surface area contributed by atoms with Crippen LogP contribution in [0.2, 0.25) is 0 Å². The Balaban J connectivity index is 2.39. The molecule has 2 aliphatic carbocycles. The molecule has 2 nitrogen and oxygen atoms in total. The van der Waals surface area contributed by atoms with Gasteiger partial charge in [0, 0.05) is 18.3 Å². The first kappa shape index (κ1) is 7.71. The summed E-state index contributed by atoms with van der Waals surface area (Å²) in [7, 11) is 0. The van der Waals surface area contributed by atoms with Crippen LogP contribution in [-0.4, -0.2) is 11.6 Å².